The Balaban J connectivity index is 1.97. The number of halogens is 1. The van der Waals surface area contributed by atoms with Crippen LogP contribution in [0.15, 0.2) is 36.7 Å². The molecule has 0 amide bonds. The van der Waals surface area contributed by atoms with Gasteiger partial charge >= 0.3 is 0 Å². The van der Waals surface area contributed by atoms with Gasteiger partial charge in [0.1, 0.15) is 6.29 Å². The summed E-state index contributed by atoms with van der Waals surface area (Å²) in [5.74, 6) is 0.977. The van der Waals surface area contributed by atoms with Crippen molar-refractivity contribution in [2.24, 2.45) is 5.92 Å². The van der Waals surface area contributed by atoms with Gasteiger partial charge in [-0.25, -0.2) is 4.39 Å². The molecule has 0 radical (unpaired) electrons. The summed E-state index contributed by atoms with van der Waals surface area (Å²) >= 11 is 0. The molecule has 90 valence electrons. The summed E-state index contributed by atoms with van der Waals surface area (Å²) in [5, 5.41) is 0. The molecule has 17 heavy (non-hydrogen) atoms. The predicted molar refractivity (Wildman–Crippen MR) is 66.8 cm³/mol. The zero-order chi connectivity index (χ0) is 12.1. The van der Waals surface area contributed by atoms with Crippen molar-refractivity contribution in [3.63, 3.8) is 0 Å². The number of carbonyl (C=O) groups excluding carboxylic acids is 1. The molecular weight excluding hydrogens is 215 g/mol. The Morgan fingerprint density at radius 1 is 1.06 bits per heavy atom. The molecule has 2 heteroatoms. The number of allylic oxidation sites excluding steroid dienone is 1. The zero-order valence-electron chi connectivity index (χ0n) is 9.81. The first kappa shape index (κ1) is 12.0. The predicted octanol–water partition coefficient (Wildman–Crippen LogP) is 4.26. The van der Waals surface area contributed by atoms with E-state index in [0.29, 0.717) is 18.2 Å². The lowest BCUT2D eigenvalue weighted by Crippen LogP contribution is -2.11. The highest BCUT2D eigenvalue weighted by Gasteiger charge is 2.20. The third-order valence-electron chi connectivity index (χ3n) is 3.66. The van der Waals surface area contributed by atoms with Crippen molar-refractivity contribution in [1.29, 1.82) is 0 Å². The van der Waals surface area contributed by atoms with Crippen LogP contribution in [0.2, 0.25) is 0 Å². The van der Waals surface area contributed by atoms with E-state index in [-0.39, 0.29) is 0 Å². The minimum atomic E-state index is 0.408. The molecule has 1 aromatic carbocycles. The number of aldehydes is 1. The Bertz CT molecular complexity index is 386. The molecule has 0 aliphatic heterocycles. The summed E-state index contributed by atoms with van der Waals surface area (Å²) in [6, 6.07) is 7.82. The number of rotatable bonds is 3. The van der Waals surface area contributed by atoms with Crippen molar-refractivity contribution in [1.82, 2.24) is 0 Å². The molecule has 0 heterocycles. The Kier molecular flexibility index (Phi) is 4.08. The van der Waals surface area contributed by atoms with E-state index in [9.17, 15) is 9.18 Å². The van der Waals surface area contributed by atoms with Crippen LogP contribution in [0.5, 0.6) is 0 Å². The van der Waals surface area contributed by atoms with Crippen molar-refractivity contribution in [3.8, 4) is 0 Å². The van der Waals surface area contributed by atoms with Crippen LogP contribution in [-0.2, 0) is 0 Å². The van der Waals surface area contributed by atoms with Crippen LogP contribution in [0.1, 0.15) is 47.5 Å². The Hall–Kier alpha value is -1.44. The maximum atomic E-state index is 12.1. The van der Waals surface area contributed by atoms with Gasteiger partial charge in [-0.3, -0.25) is 4.79 Å². The molecule has 0 saturated heterocycles. The van der Waals surface area contributed by atoms with Gasteiger partial charge in [0.25, 0.3) is 0 Å². The van der Waals surface area contributed by atoms with Crippen LogP contribution >= 0.6 is 0 Å². The Morgan fingerprint density at radius 3 is 2.24 bits per heavy atom. The van der Waals surface area contributed by atoms with Crippen LogP contribution in [-0.4, -0.2) is 6.29 Å². The first-order chi connectivity index (χ1) is 8.33. The molecule has 1 saturated carbocycles. The third kappa shape index (κ3) is 3.02. The summed E-state index contributed by atoms with van der Waals surface area (Å²) in [7, 11) is 0. The van der Waals surface area contributed by atoms with Gasteiger partial charge in [-0.2, -0.15) is 0 Å². The van der Waals surface area contributed by atoms with Crippen molar-refractivity contribution >= 4 is 6.29 Å². The second-order valence-corrected chi connectivity index (χ2v) is 4.71. The molecule has 0 bridgehead atoms. The van der Waals surface area contributed by atoms with E-state index >= 15 is 0 Å². The van der Waals surface area contributed by atoms with Crippen molar-refractivity contribution in [2.45, 2.75) is 31.6 Å². The molecule has 0 aromatic heterocycles. The SMILES string of the molecule is O=Cc1ccc(C2CCC(/C=C/F)CC2)cc1. The molecule has 0 N–H and O–H groups in total. The summed E-state index contributed by atoms with van der Waals surface area (Å²) in [6.45, 7) is 0. The smallest absolute Gasteiger partial charge is 0.150 e. The van der Waals surface area contributed by atoms with Crippen molar-refractivity contribution < 1.29 is 9.18 Å². The lowest BCUT2D eigenvalue weighted by molar-refractivity contribution is 0.112. The quantitative estimate of drug-likeness (QED) is 0.712. The standard InChI is InChI=1S/C15H17FO/c16-10-9-12-1-5-14(6-2-12)15-7-3-13(11-17)4-8-15/h3-4,7-12,14H,1-2,5-6H2/b10-9+. The van der Waals surface area contributed by atoms with Gasteiger partial charge in [-0.05, 0) is 43.1 Å². The largest absolute Gasteiger partial charge is 0.298 e. The Morgan fingerprint density at radius 2 is 1.71 bits per heavy atom. The molecule has 0 unspecified atom stereocenters. The van der Waals surface area contributed by atoms with Gasteiger partial charge in [0.2, 0.25) is 0 Å². The summed E-state index contributed by atoms with van der Waals surface area (Å²) in [6.07, 6.45) is 7.54. The van der Waals surface area contributed by atoms with E-state index in [0.717, 1.165) is 37.5 Å². The molecule has 0 spiro atoms. The van der Waals surface area contributed by atoms with E-state index in [2.05, 4.69) is 0 Å². The van der Waals surface area contributed by atoms with Gasteiger partial charge in [0, 0.05) is 5.56 Å². The normalized spacial score (nSPS) is 25.0. The average molecular weight is 232 g/mol. The fourth-order valence-corrected chi connectivity index (χ4v) is 2.59. The van der Waals surface area contributed by atoms with E-state index in [1.54, 1.807) is 6.08 Å². The second-order valence-electron chi connectivity index (χ2n) is 4.71. The molecule has 1 fully saturated rings. The van der Waals surface area contributed by atoms with Gasteiger partial charge in [0.15, 0.2) is 0 Å². The van der Waals surface area contributed by atoms with Gasteiger partial charge < -0.3 is 0 Å². The van der Waals surface area contributed by atoms with Crippen LogP contribution in [0, 0.1) is 5.92 Å². The zero-order valence-corrected chi connectivity index (χ0v) is 9.81. The lowest BCUT2D eigenvalue weighted by Gasteiger charge is -2.26. The van der Waals surface area contributed by atoms with Gasteiger partial charge in [-0.1, -0.05) is 30.3 Å². The first-order valence-corrected chi connectivity index (χ1v) is 6.15. The summed E-state index contributed by atoms with van der Waals surface area (Å²) < 4.78 is 12.1. The van der Waals surface area contributed by atoms with Gasteiger partial charge in [-0.15, -0.1) is 0 Å². The molecule has 1 aliphatic rings. The molecular formula is C15H17FO. The van der Waals surface area contributed by atoms with Crippen LogP contribution in [0.3, 0.4) is 0 Å². The minimum absolute atomic E-state index is 0.408. The van der Waals surface area contributed by atoms with E-state index < -0.39 is 0 Å². The molecule has 0 atom stereocenters. The average Bonchev–Trinajstić information content (AvgIpc) is 2.40. The fourth-order valence-electron chi connectivity index (χ4n) is 2.59. The van der Waals surface area contributed by atoms with E-state index in [1.807, 2.05) is 24.3 Å². The van der Waals surface area contributed by atoms with Crippen molar-refractivity contribution in [3.05, 3.63) is 47.8 Å². The maximum absolute atomic E-state index is 12.1. The highest BCUT2D eigenvalue weighted by atomic mass is 19.1. The highest BCUT2D eigenvalue weighted by molar-refractivity contribution is 5.74. The second kappa shape index (κ2) is 5.76. The topological polar surface area (TPSA) is 17.1 Å². The minimum Gasteiger partial charge on any atom is -0.298 e. The number of carbonyl (C=O) groups is 1. The van der Waals surface area contributed by atoms with Crippen LogP contribution in [0.4, 0.5) is 4.39 Å². The van der Waals surface area contributed by atoms with Gasteiger partial charge in [0.05, 0.1) is 6.33 Å². The Labute approximate surface area is 101 Å². The van der Waals surface area contributed by atoms with E-state index in [4.69, 9.17) is 0 Å². The molecule has 1 aromatic rings. The number of benzene rings is 1. The third-order valence-corrected chi connectivity index (χ3v) is 3.66. The van der Waals surface area contributed by atoms with E-state index in [1.165, 1.54) is 5.56 Å². The lowest BCUT2D eigenvalue weighted by atomic mass is 9.79. The number of hydrogen-bond acceptors (Lipinski definition) is 1. The highest BCUT2D eigenvalue weighted by Crippen LogP contribution is 2.36. The summed E-state index contributed by atoms with van der Waals surface area (Å²) in [4.78, 5) is 10.6. The monoisotopic (exact) mass is 232 g/mol. The summed E-state index contributed by atoms with van der Waals surface area (Å²) in [5.41, 5.74) is 2.03. The molecule has 1 nitrogen and oxygen atoms in total. The number of hydrogen-bond donors (Lipinski definition) is 0. The fraction of sp³-hybridized carbons (Fsp3) is 0.400. The maximum Gasteiger partial charge on any atom is 0.150 e. The molecule has 1 aliphatic carbocycles. The van der Waals surface area contributed by atoms with Crippen LogP contribution in [0.25, 0.3) is 0 Å². The molecule has 2 rings (SSSR count). The van der Waals surface area contributed by atoms with Crippen LogP contribution < -0.4 is 0 Å². The van der Waals surface area contributed by atoms with Crippen molar-refractivity contribution in [2.75, 3.05) is 0 Å². The first-order valence-electron chi connectivity index (χ1n) is 6.15.